The highest BCUT2D eigenvalue weighted by molar-refractivity contribution is 7.11. The lowest BCUT2D eigenvalue weighted by atomic mass is 10.1. The normalized spacial score (nSPS) is 11.5. The van der Waals surface area contributed by atoms with Crippen molar-refractivity contribution in [3.8, 4) is 5.75 Å². The van der Waals surface area contributed by atoms with E-state index in [1.807, 2.05) is 19.9 Å². The second kappa shape index (κ2) is 8.68. The van der Waals surface area contributed by atoms with Crippen molar-refractivity contribution in [1.82, 2.24) is 15.6 Å². The number of hydrogen-bond acceptors (Lipinski definition) is 4. The minimum absolute atomic E-state index is 0.741. The largest absolute Gasteiger partial charge is 0.496 e. The summed E-state index contributed by atoms with van der Waals surface area (Å²) in [5, 5.41) is 7.79. The predicted octanol–water partition coefficient (Wildman–Crippen LogP) is 2.98. The van der Waals surface area contributed by atoms with E-state index in [0.29, 0.717) is 0 Å². The van der Waals surface area contributed by atoms with Crippen molar-refractivity contribution < 1.29 is 4.74 Å². The number of aliphatic imine (C=N–C) groups is 1. The van der Waals surface area contributed by atoms with Crippen LogP contribution in [-0.2, 0) is 13.0 Å². The third-order valence-corrected chi connectivity index (χ3v) is 4.84. The maximum Gasteiger partial charge on any atom is 0.191 e. The first-order valence-corrected chi connectivity index (χ1v) is 8.86. The van der Waals surface area contributed by atoms with Crippen molar-refractivity contribution in [3.63, 3.8) is 0 Å². The van der Waals surface area contributed by atoms with Crippen LogP contribution in [0.15, 0.2) is 23.2 Å². The Morgan fingerprint density at radius 3 is 2.67 bits per heavy atom. The van der Waals surface area contributed by atoms with Crippen LogP contribution < -0.4 is 15.4 Å². The van der Waals surface area contributed by atoms with E-state index < -0.39 is 0 Å². The summed E-state index contributed by atoms with van der Waals surface area (Å²) in [4.78, 5) is 9.97. The molecule has 6 heteroatoms. The third-order valence-electron chi connectivity index (χ3n) is 3.76. The molecule has 0 radical (unpaired) electrons. The first-order chi connectivity index (χ1) is 11.5. The van der Waals surface area contributed by atoms with Crippen molar-refractivity contribution in [1.29, 1.82) is 0 Å². The Kier molecular flexibility index (Phi) is 6.61. The fraction of sp³-hybridized carbons (Fsp3) is 0.444. The van der Waals surface area contributed by atoms with E-state index in [2.05, 4.69) is 39.7 Å². The van der Waals surface area contributed by atoms with Gasteiger partial charge in [0.2, 0.25) is 0 Å². The second-order valence-electron chi connectivity index (χ2n) is 5.66. The average Bonchev–Trinajstić information content (AvgIpc) is 2.88. The molecule has 5 nitrogen and oxygen atoms in total. The number of nitrogens with one attached hydrogen (secondary N) is 2. The number of benzene rings is 1. The van der Waals surface area contributed by atoms with E-state index in [9.17, 15) is 0 Å². The SMILES string of the molecule is CN=C(NCCc1cc(C)ccc1OC)NCc1sc(C)nc1C. The van der Waals surface area contributed by atoms with E-state index in [0.717, 1.165) is 41.9 Å². The molecule has 0 bridgehead atoms. The van der Waals surface area contributed by atoms with Crippen LogP contribution in [-0.4, -0.2) is 31.6 Å². The molecule has 0 unspecified atom stereocenters. The van der Waals surface area contributed by atoms with Crippen LogP contribution in [0, 0.1) is 20.8 Å². The minimum Gasteiger partial charge on any atom is -0.496 e. The van der Waals surface area contributed by atoms with Gasteiger partial charge in [0.1, 0.15) is 5.75 Å². The summed E-state index contributed by atoms with van der Waals surface area (Å²) in [6, 6.07) is 6.25. The monoisotopic (exact) mass is 346 g/mol. The first kappa shape index (κ1) is 18.3. The van der Waals surface area contributed by atoms with Crippen molar-refractivity contribution in [2.75, 3.05) is 20.7 Å². The standard InChI is InChI=1S/C18H26N4OS/c1-12-6-7-16(23-5)15(10-12)8-9-20-18(19-4)21-11-17-13(2)22-14(3)24-17/h6-7,10H,8-9,11H2,1-5H3,(H2,19,20,21). The number of hydrogen-bond donors (Lipinski definition) is 2. The van der Waals surface area contributed by atoms with Gasteiger partial charge in [0, 0.05) is 18.5 Å². The molecule has 2 aromatic rings. The summed E-state index contributed by atoms with van der Waals surface area (Å²) in [7, 11) is 3.49. The van der Waals surface area contributed by atoms with E-state index >= 15 is 0 Å². The van der Waals surface area contributed by atoms with Crippen molar-refractivity contribution >= 4 is 17.3 Å². The van der Waals surface area contributed by atoms with Gasteiger partial charge in [0.05, 0.1) is 24.4 Å². The van der Waals surface area contributed by atoms with Gasteiger partial charge in [-0.2, -0.15) is 0 Å². The predicted molar refractivity (Wildman–Crippen MR) is 101 cm³/mol. The number of rotatable bonds is 6. The number of aryl methyl sites for hydroxylation is 3. The summed E-state index contributed by atoms with van der Waals surface area (Å²) in [6.07, 6.45) is 0.879. The summed E-state index contributed by atoms with van der Waals surface area (Å²) < 4.78 is 5.43. The lowest BCUT2D eigenvalue weighted by molar-refractivity contribution is 0.409. The lowest BCUT2D eigenvalue weighted by Gasteiger charge is -2.13. The van der Waals surface area contributed by atoms with Crippen LogP contribution in [0.5, 0.6) is 5.75 Å². The average molecular weight is 347 g/mol. The number of guanidine groups is 1. The van der Waals surface area contributed by atoms with Crippen molar-refractivity contribution in [2.24, 2.45) is 4.99 Å². The van der Waals surface area contributed by atoms with E-state index in [1.54, 1.807) is 25.5 Å². The molecule has 0 fully saturated rings. The summed E-state index contributed by atoms with van der Waals surface area (Å²) in [5.41, 5.74) is 3.53. The highest BCUT2D eigenvalue weighted by atomic mass is 32.1. The topological polar surface area (TPSA) is 58.5 Å². The molecule has 130 valence electrons. The minimum atomic E-state index is 0.741. The van der Waals surface area contributed by atoms with Crippen LogP contribution in [0.25, 0.3) is 0 Å². The van der Waals surface area contributed by atoms with E-state index in [1.165, 1.54) is 16.0 Å². The molecule has 0 atom stereocenters. The first-order valence-electron chi connectivity index (χ1n) is 8.04. The highest BCUT2D eigenvalue weighted by Gasteiger charge is 2.07. The quantitative estimate of drug-likeness (QED) is 0.624. The number of nitrogens with zero attached hydrogens (tertiary/aromatic N) is 2. The molecule has 0 saturated carbocycles. The summed E-state index contributed by atoms with van der Waals surface area (Å²) in [5.74, 6) is 1.73. The zero-order valence-corrected chi connectivity index (χ0v) is 15.9. The number of methoxy groups -OCH3 is 1. The molecule has 0 spiro atoms. The second-order valence-corrected chi connectivity index (χ2v) is 6.95. The van der Waals surface area contributed by atoms with Gasteiger partial charge in [-0.25, -0.2) is 4.98 Å². The Hall–Kier alpha value is -2.08. The maximum absolute atomic E-state index is 5.43. The number of ether oxygens (including phenoxy) is 1. The molecule has 2 N–H and O–H groups in total. The van der Waals surface area contributed by atoms with Crippen LogP contribution >= 0.6 is 11.3 Å². The van der Waals surface area contributed by atoms with Gasteiger partial charge in [-0.3, -0.25) is 4.99 Å². The van der Waals surface area contributed by atoms with Crippen LogP contribution in [0.3, 0.4) is 0 Å². The Morgan fingerprint density at radius 1 is 1.25 bits per heavy atom. The fourth-order valence-corrected chi connectivity index (χ4v) is 3.42. The van der Waals surface area contributed by atoms with Crippen molar-refractivity contribution in [3.05, 3.63) is 44.9 Å². The van der Waals surface area contributed by atoms with Crippen molar-refractivity contribution in [2.45, 2.75) is 33.7 Å². The fourth-order valence-electron chi connectivity index (χ4n) is 2.54. The van der Waals surface area contributed by atoms with Crippen LogP contribution in [0.4, 0.5) is 0 Å². The number of aromatic nitrogens is 1. The molecule has 1 heterocycles. The maximum atomic E-state index is 5.43. The molecule has 24 heavy (non-hydrogen) atoms. The summed E-state index contributed by atoms with van der Waals surface area (Å²) in [6.45, 7) is 7.70. The summed E-state index contributed by atoms with van der Waals surface area (Å²) >= 11 is 1.72. The molecule has 0 aliphatic heterocycles. The Morgan fingerprint density at radius 2 is 2.04 bits per heavy atom. The zero-order valence-electron chi connectivity index (χ0n) is 15.1. The van der Waals surface area contributed by atoms with Gasteiger partial charge in [0.25, 0.3) is 0 Å². The number of thiazole rings is 1. The molecular weight excluding hydrogens is 320 g/mol. The van der Waals surface area contributed by atoms with E-state index in [4.69, 9.17) is 4.74 Å². The molecule has 1 aromatic heterocycles. The Bertz CT molecular complexity index is 709. The smallest absolute Gasteiger partial charge is 0.191 e. The molecular formula is C18H26N4OS. The molecule has 0 amide bonds. The van der Waals surface area contributed by atoms with E-state index in [-0.39, 0.29) is 0 Å². The van der Waals surface area contributed by atoms with Gasteiger partial charge < -0.3 is 15.4 Å². The Labute approximate surface area is 148 Å². The molecule has 1 aromatic carbocycles. The van der Waals surface area contributed by atoms with Crippen LogP contribution in [0.1, 0.15) is 26.7 Å². The molecule has 0 aliphatic rings. The Balaban J connectivity index is 1.86. The molecule has 0 saturated heterocycles. The lowest BCUT2D eigenvalue weighted by Crippen LogP contribution is -2.37. The third kappa shape index (κ3) is 4.96. The molecule has 2 rings (SSSR count). The van der Waals surface area contributed by atoms with Gasteiger partial charge in [0.15, 0.2) is 5.96 Å². The highest BCUT2D eigenvalue weighted by Crippen LogP contribution is 2.20. The van der Waals surface area contributed by atoms with Crippen LogP contribution in [0.2, 0.25) is 0 Å². The van der Waals surface area contributed by atoms with Gasteiger partial charge in [-0.05, 0) is 38.8 Å². The van der Waals surface area contributed by atoms with Gasteiger partial charge >= 0.3 is 0 Å². The molecule has 0 aliphatic carbocycles. The van der Waals surface area contributed by atoms with Gasteiger partial charge in [-0.1, -0.05) is 17.7 Å². The zero-order chi connectivity index (χ0) is 17.5. The van der Waals surface area contributed by atoms with Gasteiger partial charge in [-0.15, -0.1) is 11.3 Å².